The molecule has 7 heteroatoms. The summed E-state index contributed by atoms with van der Waals surface area (Å²) in [4.78, 5) is 23.7. The predicted molar refractivity (Wildman–Crippen MR) is 108 cm³/mol. The number of hydrogen-bond donors (Lipinski definition) is 2. The van der Waals surface area contributed by atoms with E-state index in [4.69, 9.17) is 4.74 Å². The molecule has 0 spiro atoms. The molecule has 1 saturated heterocycles. The summed E-state index contributed by atoms with van der Waals surface area (Å²) >= 11 is 0. The van der Waals surface area contributed by atoms with Gasteiger partial charge in [-0.25, -0.2) is 9.97 Å². The largest absolute Gasteiger partial charge is 0.378 e. The van der Waals surface area contributed by atoms with Gasteiger partial charge in [-0.2, -0.15) is 0 Å². The third kappa shape index (κ3) is 5.17. The van der Waals surface area contributed by atoms with Crippen molar-refractivity contribution in [2.45, 2.75) is 26.7 Å². The summed E-state index contributed by atoms with van der Waals surface area (Å²) in [7, 11) is 0. The molecule has 2 aromatic rings. The molecule has 0 unspecified atom stereocenters. The fraction of sp³-hybridized carbons (Fsp3) is 0.450. The topological polar surface area (TPSA) is 79.4 Å². The van der Waals surface area contributed by atoms with Gasteiger partial charge in [-0.3, -0.25) is 4.79 Å². The van der Waals surface area contributed by atoms with Gasteiger partial charge in [0.05, 0.1) is 24.6 Å². The van der Waals surface area contributed by atoms with Gasteiger partial charge in [0, 0.05) is 25.7 Å². The van der Waals surface area contributed by atoms with E-state index < -0.39 is 0 Å². The van der Waals surface area contributed by atoms with Crippen molar-refractivity contribution in [2.24, 2.45) is 0 Å². The second-order valence-corrected chi connectivity index (χ2v) is 6.54. The summed E-state index contributed by atoms with van der Waals surface area (Å²) in [5.41, 5.74) is 2.14. The van der Waals surface area contributed by atoms with Gasteiger partial charge in [0.25, 0.3) is 5.91 Å². The average molecular weight is 369 g/mol. The summed E-state index contributed by atoms with van der Waals surface area (Å²) < 4.78 is 5.43. The van der Waals surface area contributed by atoms with Crippen molar-refractivity contribution in [3.63, 3.8) is 0 Å². The minimum absolute atomic E-state index is 0.236. The van der Waals surface area contributed by atoms with E-state index in [0.29, 0.717) is 30.5 Å². The number of rotatable bonds is 7. The Balaban J connectivity index is 1.75. The Hall–Kier alpha value is -2.67. The third-order valence-corrected chi connectivity index (χ3v) is 4.41. The van der Waals surface area contributed by atoms with Gasteiger partial charge in [-0.15, -0.1) is 0 Å². The lowest BCUT2D eigenvalue weighted by Crippen LogP contribution is -2.36. The van der Waals surface area contributed by atoms with Crippen LogP contribution in [0.2, 0.25) is 0 Å². The molecule has 2 heterocycles. The molecule has 0 atom stereocenters. The molecule has 7 nitrogen and oxygen atoms in total. The Morgan fingerprint density at radius 3 is 2.78 bits per heavy atom. The minimum Gasteiger partial charge on any atom is -0.378 e. The first-order chi connectivity index (χ1) is 13.2. The summed E-state index contributed by atoms with van der Waals surface area (Å²) in [5, 5.41) is 6.26. The van der Waals surface area contributed by atoms with E-state index in [1.54, 1.807) is 13.0 Å². The number of unbranched alkanes of at least 4 members (excludes halogenated alkanes) is 1. The third-order valence-electron chi connectivity index (χ3n) is 4.41. The van der Waals surface area contributed by atoms with E-state index in [1.165, 1.54) is 0 Å². The van der Waals surface area contributed by atoms with Crippen LogP contribution in [0, 0.1) is 6.92 Å². The highest BCUT2D eigenvalue weighted by Gasteiger charge is 2.17. The molecule has 1 fully saturated rings. The van der Waals surface area contributed by atoms with Crippen LogP contribution in [0.3, 0.4) is 0 Å². The van der Waals surface area contributed by atoms with Crippen LogP contribution in [0.5, 0.6) is 0 Å². The van der Waals surface area contributed by atoms with Crippen LogP contribution in [0.25, 0.3) is 0 Å². The molecule has 0 aliphatic carbocycles. The van der Waals surface area contributed by atoms with E-state index in [2.05, 4.69) is 32.4 Å². The van der Waals surface area contributed by atoms with Gasteiger partial charge in [0.1, 0.15) is 17.3 Å². The van der Waals surface area contributed by atoms with Crippen LogP contribution in [0.1, 0.15) is 36.1 Å². The lowest BCUT2D eigenvalue weighted by molar-refractivity contribution is 0.102. The Labute approximate surface area is 160 Å². The van der Waals surface area contributed by atoms with E-state index in [1.807, 2.05) is 24.3 Å². The second kappa shape index (κ2) is 9.32. The first-order valence-corrected chi connectivity index (χ1v) is 9.50. The number of amides is 1. The Morgan fingerprint density at radius 1 is 1.22 bits per heavy atom. The number of morpholine rings is 1. The number of aryl methyl sites for hydroxylation is 1. The maximum Gasteiger partial charge on any atom is 0.274 e. The highest BCUT2D eigenvalue weighted by Crippen LogP contribution is 2.26. The highest BCUT2D eigenvalue weighted by molar-refractivity contribution is 6.05. The normalized spacial score (nSPS) is 14.1. The van der Waals surface area contributed by atoms with Gasteiger partial charge >= 0.3 is 0 Å². The molecule has 1 aromatic heterocycles. The van der Waals surface area contributed by atoms with Crippen molar-refractivity contribution in [3.8, 4) is 0 Å². The van der Waals surface area contributed by atoms with Crippen LogP contribution < -0.4 is 15.5 Å². The van der Waals surface area contributed by atoms with E-state index in [0.717, 1.165) is 43.9 Å². The van der Waals surface area contributed by atoms with Crippen molar-refractivity contribution >= 4 is 23.1 Å². The van der Waals surface area contributed by atoms with Crippen molar-refractivity contribution < 1.29 is 9.53 Å². The average Bonchev–Trinajstić information content (AvgIpc) is 2.69. The van der Waals surface area contributed by atoms with Gasteiger partial charge in [0.2, 0.25) is 0 Å². The lowest BCUT2D eigenvalue weighted by atomic mass is 10.2. The zero-order valence-electron chi connectivity index (χ0n) is 16.0. The van der Waals surface area contributed by atoms with E-state index in [9.17, 15) is 4.79 Å². The van der Waals surface area contributed by atoms with Crippen LogP contribution in [0.4, 0.5) is 17.2 Å². The van der Waals surface area contributed by atoms with Crippen LogP contribution in [0.15, 0.2) is 30.3 Å². The summed E-state index contributed by atoms with van der Waals surface area (Å²) in [6.45, 7) is 7.77. The van der Waals surface area contributed by atoms with Gasteiger partial charge in [-0.1, -0.05) is 25.5 Å². The van der Waals surface area contributed by atoms with Crippen LogP contribution in [-0.2, 0) is 4.74 Å². The number of carbonyl (C=O) groups is 1. The van der Waals surface area contributed by atoms with Gasteiger partial charge in [-0.05, 0) is 25.5 Å². The number of aromatic nitrogens is 2. The fourth-order valence-corrected chi connectivity index (χ4v) is 3.01. The molecule has 1 aliphatic heterocycles. The highest BCUT2D eigenvalue weighted by atomic mass is 16.5. The van der Waals surface area contributed by atoms with Gasteiger partial charge in [0.15, 0.2) is 0 Å². The van der Waals surface area contributed by atoms with Crippen LogP contribution >= 0.6 is 0 Å². The number of para-hydroxylation sites is 2. The first kappa shape index (κ1) is 19.1. The molecule has 27 heavy (non-hydrogen) atoms. The molecule has 3 rings (SSSR count). The molecule has 1 aliphatic rings. The smallest absolute Gasteiger partial charge is 0.274 e. The maximum atomic E-state index is 12.8. The number of hydrogen-bond acceptors (Lipinski definition) is 6. The molecular weight excluding hydrogens is 342 g/mol. The quantitative estimate of drug-likeness (QED) is 0.730. The first-order valence-electron chi connectivity index (χ1n) is 9.50. The Bertz CT molecular complexity index is 775. The Kier molecular flexibility index (Phi) is 6.59. The summed E-state index contributed by atoms with van der Waals surface area (Å²) in [5.74, 6) is 1.02. The number of anilines is 3. The number of carbonyl (C=O) groups excluding carboxylic acids is 1. The predicted octanol–water partition coefficient (Wildman–Crippen LogP) is 3.09. The molecule has 0 saturated carbocycles. The summed E-state index contributed by atoms with van der Waals surface area (Å²) in [6, 6.07) is 9.53. The Morgan fingerprint density at radius 2 is 2.00 bits per heavy atom. The van der Waals surface area contributed by atoms with Crippen LogP contribution in [-0.4, -0.2) is 48.7 Å². The van der Waals surface area contributed by atoms with E-state index in [-0.39, 0.29) is 5.91 Å². The molecular formula is C20H27N5O2. The fourth-order valence-electron chi connectivity index (χ4n) is 3.01. The minimum atomic E-state index is -0.236. The van der Waals surface area contributed by atoms with Crippen molar-refractivity contribution in [2.75, 3.05) is 48.4 Å². The molecule has 0 bridgehead atoms. The van der Waals surface area contributed by atoms with Crippen molar-refractivity contribution in [3.05, 3.63) is 41.9 Å². The zero-order chi connectivity index (χ0) is 19.1. The SMILES string of the molecule is CCCCNc1cc(C(=O)Nc2ccccc2N2CCOCC2)nc(C)n1. The zero-order valence-corrected chi connectivity index (χ0v) is 16.0. The molecule has 0 radical (unpaired) electrons. The number of nitrogens with zero attached hydrogens (tertiary/aromatic N) is 3. The van der Waals surface area contributed by atoms with E-state index >= 15 is 0 Å². The number of nitrogens with one attached hydrogen (secondary N) is 2. The number of benzene rings is 1. The van der Waals surface area contributed by atoms with Crippen molar-refractivity contribution in [1.82, 2.24) is 9.97 Å². The van der Waals surface area contributed by atoms with Crippen molar-refractivity contribution in [1.29, 1.82) is 0 Å². The second-order valence-electron chi connectivity index (χ2n) is 6.54. The number of ether oxygens (including phenoxy) is 1. The molecule has 1 amide bonds. The molecule has 2 N–H and O–H groups in total. The van der Waals surface area contributed by atoms with Gasteiger partial charge < -0.3 is 20.3 Å². The summed E-state index contributed by atoms with van der Waals surface area (Å²) in [6.07, 6.45) is 2.15. The lowest BCUT2D eigenvalue weighted by Gasteiger charge is -2.30. The monoisotopic (exact) mass is 369 g/mol. The molecule has 1 aromatic carbocycles. The maximum absolute atomic E-state index is 12.8. The molecule has 144 valence electrons. The standard InChI is InChI=1S/C20H27N5O2/c1-3-4-9-21-19-14-17(22-15(2)23-19)20(26)24-16-7-5-6-8-18(16)25-10-12-27-13-11-25/h5-8,14H,3-4,9-13H2,1-2H3,(H,24,26)(H,21,22,23).